The zero-order chi connectivity index (χ0) is 32.1. The van der Waals surface area contributed by atoms with Gasteiger partial charge in [-0.1, -0.05) is 84.9 Å². The molecule has 1 fully saturated rings. The van der Waals surface area contributed by atoms with Crippen LogP contribution in [0.15, 0.2) is 97.3 Å². The van der Waals surface area contributed by atoms with Crippen LogP contribution in [0.25, 0.3) is 10.8 Å². The number of hydrogen-bond donors (Lipinski definition) is 0. The number of carbonyl (C=O) groups is 2. The number of benzene rings is 3. The maximum absolute atomic E-state index is 14.0. The second-order valence-electron chi connectivity index (χ2n) is 11.5. The van der Waals surface area contributed by atoms with Gasteiger partial charge in [0.1, 0.15) is 0 Å². The molecule has 242 valence electrons. The first-order chi connectivity index (χ1) is 22.6. The summed E-state index contributed by atoms with van der Waals surface area (Å²) in [6.07, 6.45) is 3.71. The Morgan fingerprint density at radius 2 is 1.46 bits per heavy atom. The highest BCUT2D eigenvalue weighted by molar-refractivity contribution is 6.06. The van der Waals surface area contributed by atoms with Crippen molar-refractivity contribution in [2.24, 2.45) is 0 Å². The Labute approximate surface area is 271 Å². The second kappa shape index (κ2) is 17.0. The number of pyridine rings is 1. The molecule has 1 unspecified atom stereocenters. The van der Waals surface area contributed by atoms with Crippen LogP contribution < -0.4 is 0 Å². The van der Waals surface area contributed by atoms with E-state index in [1.165, 1.54) is 0 Å². The van der Waals surface area contributed by atoms with E-state index in [9.17, 15) is 9.59 Å². The van der Waals surface area contributed by atoms with E-state index in [-0.39, 0.29) is 30.3 Å². The van der Waals surface area contributed by atoms with Crippen molar-refractivity contribution in [1.29, 1.82) is 0 Å². The molecule has 9 nitrogen and oxygen atoms in total. The Morgan fingerprint density at radius 3 is 2.15 bits per heavy atom. The second-order valence-corrected chi connectivity index (χ2v) is 11.5. The van der Waals surface area contributed by atoms with Crippen LogP contribution in [0.3, 0.4) is 0 Å². The number of ether oxygens (including phenoxy) is 3. The summed E-state index contributed by atoms with van der Waals surface area (Å²) in [5, 5.41) is 1.81. The van der Waals surface area contributed by atoms with Crippen LogP contribution in [-0.4, -0.2) is 111 Å². The lowest BCUT2D eigenvalue weighted by atomic mass is 9.93. The van der Waals surface area contributed by atoms with Crippen molar-refractivity contribution in [3.05, 3.63) is 114 Å². The first-order valence-electron chi connectivity index (χ1n) is 15.9. The van der Waals surface area contributed by atoms with Gasteiger partial charge in [0.05, 0.1) is 44.6 Å². The molecule has 1 aromatic heterocycles. The van der Waals surface area contributed by atoms with E-state index in [4.69, 9.17) is 14.2 Å². The van der Waals surface area contributed by atoms with Gasteiger partial charge in [0.15, 0.2) is 0 Å². The maximum atomic E-state index is 14.0. The number of piperazine rings is 1. The van der Waals surface area contributed by atoms with Crippen LogP contribution >= 0.6 is 0 Å². The summed E-state index contributed by atoms with van der Waals surface area (Å²) in [6.45, 7) is 4.48. The normalized spacial score (nSPS) is 15.4. The molecule has 3 aromatic carbocycles. The molecule has 1 atom stereocenters. The Hall–Kier alpha value is -4.15. The minimum Gasteiger partial charge on any atom is -0.382 e. The molecule has 0 radical (unpaired) electrons. The van der Waals surface area contributed by atoms with E-state index in [1.807, 2.05) is 48.3 Å². The molecule has 2 amide bonds. The smallest absolute Gasteiger partial charge is 0.256 e. The number of methoxy groups -OCH3 is 1. The molecule has 0 aliphatic carbocycles. The first-order valence-corrected chi connectivity index (χ1v) is 15.9. The number of amides is 2. The van der Waals surface area contributed by atoms with Crippen LogP contribution in [0.1, 0.15) is 33.9 Å². The van der Waals surface area contributed by atoms with Gasteiger partial charge in [-0.3, -0.25) is 19.5 Å². The highest BCUT2D eigenvalue weighted by Crippen LogP contribution is 2.33. The fraction of sp³-hybridized carbons (Fsp3) is 0.378. The fourth-order valence-corrected chi connectivity index (χ4v) is 6.03. The zero-order valence-electron chi connectivity index (χ0n) is 26.8. The van der Waals surface area contributed by atoms with Crippen LogP contribution in [0.5, 0.6) is 0 Å². The zero-order valence-corrected chi connectivity index (χ0v) is 26.8. The molecule has 2 heterocycles. The molecule has 5 rings (SSSR count). The standard InChI is InChI=1S/C37H44N4O5/c1-39(19-20-45-23-24-46-22-21-44-2)35(42)25-32-28-40(37(43)34-27-38-26-31-15-9-10-16-33(31)34)17-18-41(32)36(29-11-5-3-6-12-29)30-13-7-4-8-14-30/h3-16,26-27,32,36H,17-25,28H2,1-2H3. The Balaban J connectivity index is 1.34. The summed E-state index contributed by atoms with van der Waals surface area (Å²) in [7, 11) is 3.45. The van der Waals surface area contributed by atoms with E-state index in [1.54, 1.807) is 24.4 Å². The molecular formula is C37H44N4O5. The monoisotopic (exact) mass is 624 g/mol. The Kier molecular flexibility index (Phi) is 12.2. The Bertz CT molecular complexity index is 1490. The van der Waals surface area contributed by atoms with Crippen LogP contribution in [0.2, 0.25) is 0 Å². The number of carbonyl (C=O) groups excluding carboxylic acids is 2. The molecule has 0 spiro atoms. The van der Waals surface area contributed by atoms with Crippen molar-refractivity contribution in [3.63, 3.8) is 0 Å². The third kappa shape index (κ3) is 8.55. The highest BCUT2D eigenvalue weighted by atomic mass is 16.5. The van der Waals surface area contributed by atoms with Gasteiger partial charge in [0, 0.05) is 70.6 Å². The third-order valence-corrected chi connectivity index (χ3v) is 8.49. The van der Waals surface area contributed by atoms with Crippen LogP contribution in [0.4, 0.5) is 0 Å². The number of fused-ring (bicyclic) bond motifs is 1. The summed E-state index contributed by atoms with van der Waals surface area (Å²) < 4.78 is 16.1. The molecule has 1 aliphatic heterocycles. The predicted octanol–water partition coefficient (Wildman–Crippen LogP) is 4.68. The summed E-state index contributed by atoms with van der Waals surface area (Å²) in [4.78, 5) is 38.1. The van der Waals surface area contributed by atoms with Gasteiger partial charge >= 0.3 is 0 Å². The molecule has 1 saturated heterocycles. The average molecular weight is 625 g/mol. The molecule has 46 heavy (non-hydrogen) atoms. The van der Waals surface area contributed by atoms with Crippen LogP contribution in [-0.2, 0) is 19.0 Å². The van der Waals surface area contributed by atoms with Crippen molar-refractivity contribution in [1.82, 2.24) is 19.7 Å². The number of nitrogens with zero attached hydrogens (tertiary/aromatic N) is 4. The first kappa shape index (κ1) is 33.2. The van der Waals surface area contributed by atoms with Gasteiger partial charge in [0.25, 0.3) is 5.91 Å². The van der Waals surface area contributed by atoms with E-state index >= 15 is 0 Å². The third-order valence-electron chi connectivity index (χ3n) is 8.49. The summed E-state index contributed by atoms with van der Waals surface area (Å²) in [6, 6.07) is 28.3. The maximum Gasteiger partial charge on any atom is 0.256 e. The molecular weight excluding hydrogens is 580 g/mol. The van der Waals surface area contributed by atoms with Gasteiger partial charge in [-0.15, -0.1) is 0 Å². The van der Waals surface area contributed by atoms with Crippen LogP contribution in [0, 0.1) is 0 Å². The molecule has 0 bridgehead atoms. The van der Waals surface area contributed by atoms with E-state index in [0.717, 1.165) is 21.9 Å². The topological polar surface area (TPSA) is 84.4 Å². The minimum atomic E-state index is -0.212. The average Bonchev–Trinajstić information content (AvgIpc) is 3.10. The van der Waals surface area contributed by atoms with Gasteiger partial charge in [-0.25, -0.2) is 0 Å². The molecule has 0 saturated carbocycles. The van der Waals surface area contributed by atoms with Gasteiger partial charge in [-0.05, 0) is 16.5 Å². The van der Waals surface area contributed by atoms with Crippen molar-refractivity contribution < 1.29 is 23.8 Å². The van der Waals surface area contributed by atoms with E-state index in [2.05, 4.69) is 58.4 Å². The molecule has 1 aliphatic rings. The molecule has 4 aromatic rings. The predicted molar refractivity (Wildman–Crippen MR) is 179 cm³/mol. The summed E-state index contributed by atoms with van der Waals surface area (Å²) >= 11 is 0. The summed E-state index contributed by atoms with van der Waals surface area (Å²) in [5.74, 6) is -0.0530. The fourth-order valence-electron chi connectivity index (χ4n) is 6.03. The number of rotatable bonds is 15. The molecule has 0 N–H and O–H groups in total. The lowest BCUT2D eigenvalue weighted by molar-refractivity contribution is -0.132. The highest BCUT2D eigenvalue weighted by Gasteiger charge is 2.37. The number of likely N-dealkylation sites (N-methyl/N-ethyl adjacent to an activating group) is 1. The Morgan fingerprint density at radius 1 is 0.826 bits per heavy atom. The lowest BCUT2D eigenvalue weighted by Gasteiger charge is -2.45. The van der Waals surface area contributed by atoms with Crippen molar-refractivity contribution in [2.45, 2.75) is 18.5 Å². The quantitative estimate of drug-likeness (QED) is 0.178. The van der Waals surface area contributed by atoms with Crippen molar-refractivity contribution >= 4 is 22.6 Å². The molecule has 9 heteroatoms. The van der Waals surface area contributed by atoms with E-state index < -0.39 is 0 Å². The van der Waals surface area contributed by atoms with Crippen molar-refractivity contribution in [3.8, 4) is 0 Å². The van der Waals surface area contributed by atoms with Gasteiger partial charge in [-0.2, -0.15) is 0 Å². The van der Waals surface area contributed by atoms with E-state index in [0.29, 0.717) is 64.8 Å². The van der Waals surface area contributed by atoms with Gasteiger partial charge < -0.3 is 24.0 Å². The SMILES string of the molecule is COCCOCCOCCN(C)C(=O)CC1CN(C(=O)c2cncc3ccccc23)CCN1C(c1ccccc1)c1ccccc1. The minimum absolute atomic E-state index is 0.0101. The lowest BCUT2D eigenvalue weighted by Crippen LogP contribution is -2.57. The van der Waals surface area contributed by atoms with Gasteiger partial charge in [0.2, 0.25) is 5.91 Å². The summed E-state index contributed by atoms with van der Waals surface area (Å²) in [5.41, 5.74) is 2.89. The number of hydrogen-bond acceptors (Lipinski definition) is 7. The number of aromatic nitrogens is 1. The van der Waals surface area contributed by atoms with Crippen molar-refractivity contribution in [2.75, 3.05) is 73.4 Å². The largest absolute Gasteiger partial charge is 0.382 e.